The Hall–Kier alpha value is -1.81. The summed E-state index contributed by atoms with van der Waals surface area (Å²) in [6.07, 6.45) is 1.88. The van der Waals surface area contributed by atoms with E-state index in [0.29, 0.717) is 6.02 Å². The summed E-state index contributed by atoms with van der Waals surface area (Å²) in [5, 5.41) is 4.32. The van der Waals surface area contributed by atoms with Crippen molar-refractivity contribution in [1.29, 1.82) is 0 Å². The maximum Gasteiger partial charge on any atom is 0.282 e. The van der Waals surface area contributed by atoms with E-state index < -0.39 is 0 Å². The third kappa shape index (κ3) is 1.61. The van der Waals surface area contributed by atoms with Gasteiger partial charge in [-0.1, -0.05) is 18.2 Å². The van der Waals surface area contributed by atoms with Gasteiger partial charge in [0.05, 0.1) is 0 Å². The molecule has 1 spiro atoms. The number of ether oxygens (including phenoxy) is 1. The molecule has 102 valence electrons. The molecule has 0 bridgehead atoms. The number of benzene rings is 1. The smallest absolute Gasteiger partial charge is 0.282 e. The van der Waals surface area contributed by atoms with Crippen LogP contribution in [-0.2, 0) is 17.6 Å². The molecule has 2 aromatic rings. The Morgan fingerprint density at radius 3 is 2.95 bits per heavy atom. The number of thiophene rings is 1. The number of nitrogens with zero attached hydrogens (tertiary/aromatic N) is 1. The molecule has 0 saturated heterocycles. The van der Waals surface area contributed by atoms with Crippen molar-refractivity contribution in [2.45, 2.75) is 31.4 Å². The highest BCUT2D eigenvalue weighted by Gasteiger charge is 2.48. The van der Waals surface area contributed by atoms with Crippen LogP contribution in [0.5, 0.6) is 0 Å². The minimum absolute atomic E-state index is 0.0465. The molecule has 0 fully saturated rings. The van der Waals surface area contributed by atoms with Gasteiger partial charge in [0.15, 0.2) is 0 Å². The van der Waals surface area contributed by atoms with E-state index in [0.717, 1.165) is 12.8 Å². The van der Waals surface area contributed by atoms with Crippen molar-refractivity contribution < 1.29 is 4.74 Å². The SMILES string of the molecule is C[C@H]1OC(N)=N[C@@]12Cc1cccc(-c3ccsc3)c1C2. The topological polar surface area (TPSA) is 47.6 Å². The first-order chi connectivity index (χ1) is 9.68. The van der Waals surface area contributed by atoms with Crippen molar-refractivity contribution in [3.8, 4) is 11.1 Å². The highest BCUT2D eigenvalue weighted by atomic mass is 32.1. The molecule has 1 aromatic carbocycles. The highest BCUT2D eigenvalue weighted by Crippen LogP contribution is 2.43. The monoisotopic (exact) mass is 284 g/mol. The second-order valence-corrected chi connectivity index (χ2v) is 6.40. The highest BCUT2D eigenvalue weighted by molar-refractivity contribution is 7.08. The van der Waals surface area contributed by atoms with Crippen LogP contribution in [0.4, 0.5) is 0 Å². The summed E-state index contributed by atoms with van der Waals surface area (Å²) < 4.78 is 5.59. The predicted octanol–water partition coefficient (Wildman–Crippen LogP) is 2.99. The standard InChI is InChI=1S/C16H16N2OS/c1-10-16(18-15(17)19-10)7-11-3-2-4-13(14(11)8-16)12-5-6-20-9-12/h2-6,9-10H,7-8H2,1H3,(H2,17,18)/t10-,16-/m1/s1. The fraction of sp³-hybridized carbons (Fsp3) is 0.312. The molecule has 1 aliphatic heterocycles. The summed E-state index contributed by atoms with van der Waals surface area (Å²) in [7, 11) is 0. The number of amidine groups is 1. The lowest BCUT2D eigenvalue weighted by atomic mass is 9.90. The number of nitrogens with two attached hydrogens (primary N) is 1. The number of fused-ring (bicyclic) bond motifs is 1. The summed E-state index contributed by atoms with van der Waals surface area (Å²) in [6, 6.07) is 9.06. The molecule has 2 heterocycles. The Balaban J connectivity index is 1.81. The number of aliphatic imine (C=N–C) groups is 1. The van der Waals surface area contributed by atoms with Gasteiger partial charge in [-0.3, -0.25) is 0 Å². The molecule has 4 rings (SSSR count). The Morgan fingerprint density at radius 2 is 2.25 bits per heavy atom. The van der Waals surface area contributed by atoms with E-state index in [1.165, 1.54) is 22.3 Å². The summed E-state index contributed by atoms with van der Waals surface area (Å²) >= 11 is 1.73. The number of hydrogen-bond acceptors (Lipinski definition) is 4. The molecule has 0 unspecified atom stereocenters. The normalized spacial score (nSPS) is 27.4. The fourth-order valence-electron chi connectivity index (χ4n) is 3.39. The molecular weight excluding hydrogens is 268 g/mol. The third-order valence-corrected chi connectivity index (χ3v) is 5.16. The van der Waals surface area contributed by atoms with Gasteiger partial charge in [0.25, 0.3) is 6.02 Å². The summed E-state index contributed by atoms with van der Waals surface area (Å²) in [5.74, 6) is 0. The fourth-order valence-corrected chi connectivity index (χ4v) is 4.05. The second kappa shape index (κ2) is 4.09. The zero-order valence-electron chi connectivity index (χ0n) is 11.3. The maximum absolute atomic E-state index is 5.78. The lowest BCUT2D eigenvalue weighted by Crippen LogP contribution is -2.36. The maximum atomic E-state index is 5.78. The first kappa shape index (κ1) is 12.0. The van der Waals surface area contributed by atoms with Gasteiger partial charge < -0.3 is 10.5 Å². The van der Waals surface area contributed by atoms with E-state index >= 15 is 0 Å². The molecular formula is C16H16N2OS. The van der Waals surface area contributed by atoms with Gasteiger partial charge in [0, 0.05) is 12.8 Å². The Kier molecular flexibility index (Phi) is 2.45. The number of rotatable bonds is 1. The zero-order valence-corrected chi connectivity index (χ0v) is 12.1. The summed E-state index contributed by atoms with van der Waals surface area (Å²) in [6.45, 7) is 2.07. The lowest BCUT2D eigenvalue weighted by molar-refractivity contribution is 0.157. The van der Waals surface area contributed by atoms with Crippen molar-refractivity contribution in [1.82, 2.24) is 0 Å². The van der Waals surface area contributed by atoms with E-state index in [-0.39, 0.29) is 11.6 Å². The summed E-state index contributed by atoms with van der Waals surface area (Å²) in [4.78, 5) is 4.61. The average molecular weight is 284 g/mol. The molecule has 3 nitrogen and oxygen atoms in total. The van der Waals surface area contributed by atoms with E-state index in [4.69, 9.17) is 10.5 Å². The van der Waals surface area contributed by atoms with Crippen LogP contribution in [0, 0.1) is 0 Å². The van der Waals surface area contributed by atoms with Crippen LogP contribution in [0.3, 0.4) is 0 Å². The second-order valence-electron chi connectivity index (χ2n) is 5.62. The molecule has 2 aliphatic rings. The van der Waals surface area contributed by atoms with Gasteiger partial charge >= 0.3 is 0 Å². The van der Waals surface area contributed by atoms with Gasteiger partial charge in [-0.05, 0) is 46.0 Å². The minimum Gasteiger partial charge on any atom is -0.460 e. The molecule has 0 amide bonds. The van der Waals surface area contributed by atoms with Crippen molar-refractivity contribution in [2.75, 3.05) is 0 Å². The van der Waals surface area contributed by atoms with Crippen molar-refractivity contribution in [3.63, 3.8) is 0 Å². The molecule has 1 aromatic heterocycles. The lowest BCUT2D eigenvalue weighted by Gasteiger charge is -2.23. The van der Waals surface area contributed by atoms with Crippen LogP contribution < -0.4 is 5.73 Å². The quantitative estimate of drug-likeness (QED) is 0.875. The van der Waals surface area contributed by atoms with Crippen LogP contribution in [0.2, 0.25) is 0 Å². The predicted molar refractivity (Wildman–Crippen MR) is 82.1 cm³/mol. The van der Waals surface area contributed by atoms with Crippen LogP contribution in [0.15, 0.2) is 40.0 Å². The van der Waals surface area contributed by atoms with E-state index in [2.05, 4.69) is 46.9 Å². The Morgan fingerprint density at radius 1 is 1.35 bits per heavy atom. The van der Waals surface area contributed by atoms with Crippen LogP contribution in [0.25, 0.3) is 11.1 Å². The molecule has 20 heavy (non-hydrogen) atoms. The van der Waals surface area contributed by atoms with Crippen molar-refractivity contribution in [3.05, 3.63) is 46.2 Å². The average Bonchev–Trinajstić information content (AvgIpc) is 3.09. The van der Waals surface area contributed by atoms with Gasteiger partial charge in [-0.25, -0.2) is 4.99 Å². The first-order valence-corrected chi connectivity index (χ1v) is 7.77. The molecule has 0 radical (unpaired) electrons. The van der Waals surface area contributed by atoms with Crippen LogP contribution >= 0.6 is 11.3 Å². The number of hydrogen-bond donors (Lipinski definition) is 1. The first-order valence-electron chi connectivity index (χ1n) is 6.83. The summed E-state index contributed by atoms with van der Waals surface area (Å²) in [5.41, 5.74) is 11.0. The molecule has 4 heteroatoms. The Labute approximate surface area is 122 Å². The molecule has 2 N–H and O–H groups in total. The van der Waals surface area contributed by atoms with Gasteiger partial charge in [-0.2, -0.15) is 11.3 Å². The molecule has 1 aliphatic carbocycles. The largest absolute Gasteiger partial charge is 0.460 e. The van der Waals surface area contributed by atoms with Crippen LogP contribution in [-0.4, -0.2) is 17.7 Å². The third-order valence-electron chi connectivity index (χ3n) is 4.47. The van der Waals surface area contributed by atoms with Gasteiger partial charge in [-0.15, -0.1) is 0 Å². The van der Waals surface area contributed by atoms with Gasteiger partial charge in [0.1, 0.15) is 11.6 Å². The van der Waals surface area contributed by atoms with E-state index in [1.54, 1.807) is 11.3 Å². The zero-order chi connectivity index (χ0) is 13.7. The molecule has 0 saturated carbocycles. The van der Waals surface area contributed by atoms with Crippen molar-refractivity contribution >= 4 is 17.4 Å². The Bertz CT molecular complexity index is 693. The van der Waals surface area contributed by atoms with E-state index in [1.807, 2.05) is 0 Å². The van der Waals surface area contributed by atoms with Crippen molar-refractivity contribution in [2.24, 2.45) is 10.7 Å². The van der Waals surface area contributed by atoms with Gasteiger partial charge in [0.2, 0.25) is 0 Å². The minimum atomic E-state index is -0.196. The molecule has 2 atom stereocenters. The van der Waals surface area contributed by atoms with E-state index in [9.17, 15) is 0 Å². The van der Waals surface area contributed by atoms with Crippen LogP contribution in [0.1, 0.15) is 18.1 Å².